The van der Waals surface area contributed by atoms with Crippen LogP contribution in [0.2, 0.25) is 0 Å². The molecule has 4 rings (SSSR count). The van der Waals surface area contributed by atoms with Gasteiger partial charge in [0.25, 0.3) is 0 Å². The smallest absolute Gasteiger partial charge is 0.434 e. The van der Waals surface area contributed by atoms with Crippen molar-refractivity contribution in [2.75, 3.05) is 39.3 Å². The first-order chi connectivity index (χ1) is 20.0. The highest BCUT2D eigenvalue weighted by Crippen LogP contribution is 2.38. The molecular formula is C26H25F3N6O6S. The summed E-state index contributed by atoms with van der Waals surface area (Å²) in [5, 5.41) is 15.5. The molecule has 0 spiro atoms. The maximum atomic E-state index is 13.4. The van der Waals surface area contributed by atoms with Gasteiger partial charge in [0.2, 0.25) is 5.43 Å². The molecule has 0 aliphatic heterocycles. The van der Waals surface area contributed by atoms with Crippen LogP contribution in [-0.2, 0) is 15.7 Å². The molecule has 0 saturated heterocycles. The van der Waals surface area contributed by atoms with Gasteiger partial charge in [-0.3, -0.25) is 10.1 Å². The minimum atomic E-state index is -4.69. The molecule has 0 aliphatic carbocycles. The molecule has 222 valence electrons. The zero-order chi connectivity index (χ0) is 30.6. The third kappa shape index (κ3) is 6.40. The Morgan fingerprint density at radius 3 is 2.43 bits per heavy atom. The number of aromatic carboxylic acids is 1. The normalized spacial score (nSPS) is 11.7. The second-order valence-corrected chi connectivity index (χ2v) is 9.74. The van der Waals surface area contributed by atoms with Crippen molar-refractivity contribution >= 4 is 40.2 Å². The van der Waals surface area contributed by atoms with Gasteiger partial charge in [-0.15, -0.1) is 11.3 Å². The number of fused-ring (bicyclic) bond motifs is 1. The number of anilines is 1. The molecular weight excluding hydrogens is 581 g/mol. The third-order valence-electron chi connectivity index (χ3n) is 6.03. The average molecular weight is 607 g/mol. The molecule has 42 heavy (non-hydrogen) atoms. The van der Waals surface area contributed by atoms with Gasteiger partial charge in [-0.1, -0.05) is 0 Å². The van der Waals surface area contributed by atoms with E-state index in [0.717, 1.165) is 16.7 Å². The van der Waals surface area contributed by atoms with Crippen LogP contribution in [0, 0.1) is 0 Å². The zero-order valence-corrected chi connectivity index (χ0v) is 23.3. The van der Waals surface area contributed by atoms with Crippen LogP contribution in [-0.4, -0.2) is 70.6 Å². The summed E-state index contributed by atoms with van der Waals surface area (Å²) < 4.78 is 52.1. The van der Waals surface area contributed by atoms with E-state index >= 15 is 0 Å². The van der Waals surface area contributed by atoms with E-state index in [4.69, 9.17) is 9.47 Å². The van der Waals surface area contributed by atoms with E-state index in [2.05, 4.69) is 25.6 Å². The molecule has 3 N–H and O–H groups in total. The Morgan fingerprint density at radius 1 is 1.12 bits per heavy atom. The maximum Gasteiger partial charge on any atom is 0.434 e. The van der Waals surface area contributed by atoms with Gasteiger partial charge in [0.05, 0.1) is 24.6 Å². The quantitative estimate of drug-likeness (QED) is 0.240. The van der Waals surface area contributed by atoms with Crippen LogP contribution in [0.15, 0.2) is 40.9 Å². The minimum absolute atomic E-state index is 0.0317. The fraction of sp³-hybridized carbons (Fsp3) is 0.308. The van der Waals surface area contributed by atoms with Crippen LogP contribution in [0.25, 0.3) is 32.7 Å². The third-order valence-corrected chi connectivity index (χ3v) is 6.91. The van der Waals surface area contributed by atoms with E-state index < -0.39 is 40.9 Å². The van der Waals surface area contributed by atoms with E-state index in [1.54, 1.807) is 6.92 Å². The van der Waals surface area contributed by atoms with Crippen molar-refractivity contribution in [1.29, 1.82) is 0 Å². The van der Waals surface area contributed by atoms with Gasteiger partial charge in [-0.05, 0) is 19.1 Å². The molecule has 2 amide bonds. The number of alkyl halides is 3. The van der Waals surface area contributed by atoms with Crippen LogP contribution in [0.4, 0.5) is 23.8 Å². The number of ether oxygens (including phenoxy) is 2. The van der Waals surface area contributed by atoms with E-state index in [1.165, 1.54) is 49.5 Å². The van der Waals surface area contributed by atoms with Crippen LogP contribution >= 0.6 is 11.3 Å². The second-order valence-electron chi connectivity index (χ2n) is 8.88. The Bertz CT molecular complexity index is 1680. The molecule has 0 unspecified atom stereocenters. The summed E-state index contributed by atoms with van der Waals surface area (Å²) >= 11 is 0.728. The molecule has 4 aromatic heterocycles. The molecule has 0 saturated carbocycles. The lowest BCUT2D eigenvalue weighted by Crippen LogP contribution is -2.28. The predicted octanol–water partition coefficient (Wildman–Crippen LogP) is 4.27. The number of carbonyl (C=O) groups excluding carboxylic acids is 1. The molecule has 16 heteroatoms. The van der Waals surface area contributed by atoms with Crippen molar-refractivity contribution in [2.45, 2.75) is 19.1 Å². The first kappa shape index (κ1) is 30.5. The number of amides is 2. The Morgan fingerprint density at radius 2 is 1.83 bits per heavy atom. The minimum Gasteiger partial charge on any atom is -0.477 e. The van der Waals surface area contributed by atoms with E-state index in [1.807, 2.05) is 0 Å². The van der Waals surface area contributed by atoms with Crippen molar-refractivity contribution in [1.82, 2.24) is 24.8 Å². The fourth-order valence-corrected chi connectivity index (χ4v) is 5.04. The number of rotatable bonds is 10. The number of methoxy groups -OCH3 is 2. The Kier molecular flexibility index (Phi) is 9.18. The van der Waals surface area contributed by atoms with Gasteiger partial charge in [0.15, 0.2) is 5.69 Å². The SMILES string of the molecule is CCNC(=O)Nc1cc(-c2nc(C(F)(F)F)cs2)c(-c2cnc3c(c2)c(=O)c(C(=O)O)cn3C(COC)COC)cn1. The van der Waals surface area contributed by atoms with Gasteiger partial charge >= 0.3 is 18.2 Å². The Labute approximate surface area is 240 Å². The summed E-state index contributed by atoms with van der Waals surface area (Å²) in [6.45, 7) is 2.27. The number of pyridine rings is 3. The first-order valence-corrected chi connectivity index (χ1v) is 13.2. The predicted molar refractivity (Wildman–Crippen MR) is 148 cm³/mol. The molecule has 0 aliphatic rings. The van der Waals surface area contributed by atoms with Crippen LogP contribution in [0.1, 0.15) is 29.0 Å². The molecule has 0 atom stereocenters. The number of urea groups is 1. The number of carbonyl (C=O) groups is 2. The monoisotopic (exact) mass is 606 g/mol. The number of carboxylic acids is 1. The maximum absolute atomic E-state index is 13.4. The number of hydrogen-bond acceptors (Lipinski definition) is 9. The largest absolute Gasteiger partial charge is 0.477 e. The van der Waals surface area contributed by atoms with Crippen molar-refractivity contribution in [3.05, 3.63) is 57.6 Å². The number of carboxylic acid groups (broad SMARTS) is 1. The standard InChI is InChI=1S/C26H25F3N6O6S/c1-4-30-25(39)34-20-6-15(23-33-19(12-42-23)26(27,28)29)17(8-31-20)13-5-16-21(36)18(24(37)38)9-35(22(16)32-7-13)14(10-40-2)11-41-3/h5-9,12,14H,4,10-11H2,1-3H3,(H,37,38)(H2,30,31,34,39). The molecule has 0 radical (unpaired) electrons. The van der Waals surface area contributed by atoms with Gasteiger partial charge < -0.3 is 24.5 Å². The molecule has 4 aromatic rings. The highest BCUT2D eigenvalue weighted by atomic mass is 32.1. The number of nitrogens with one attached hydrogen (secondary N) is 2. The zero-order valence-electron chi connectivity index (χ0n) is 22.5. The summed E-state index contributed by atoms with van der Waals surface area (Å²) in [5.41, 5.74) is -1.63. The molecule has 0 aromatic carbocycles. The summed E-state index contributed by atoms with van der Waals surface area (Å²) in [4.78, 5) is 49.6. The molecule has 12 nitrogen and oxygen atoms in total. The lowest BCUT2D eigenvalue weighted by atomic mass is 10.0. The van der Waals surface area contributed by atoms with Gasteiger partial charge in [0.1, 0.15) is 22.0 Å². The van der Waals surface area contributed by atoms with Crippen molar-refractivity contribution in [2.24, 2.45) is 0 Å². The molecule has 0 fully saturated rings. The Hall–Kier alpha value is -4.41. The summed E-state index contributed by atoms with van der Waals surface area (Å²) in [6.07, 6.45) is -0.836. The number of nitrogens with zero attached hydrogens (tertiary/aromatic N) is 4. The fourth-order valence-electron chi connectivity index (χ4n) is 4.19. The highest BCUT2D eigenvalue weighted by Gasteiger charge is 2.34. The number of aromatic nitrogens is 4. The second kappa shape index (κ2) is 12.6. The lowest BCUT2D eigenvalue weighted by Gasteiger charge is -2.21. The summed E-state index contributed by atoms with van der Waals surface area (Å²) in [7, 11) is 2.91. The van der Waals surface area contributed by atoms with E-state index in [-0.39, 0.29) is 51.8 Å². The van der Waals surface area contributed by atoms with Gasteiger partial charge in [-0.2, -0.15) is 13.2 Å². The Balaban J connectivity index is 1.94. The van der Waals surface area contributed by atoms with E-state index in [0.29, 0.717) is 6.54 Å². The van der Waals surface area contributed by atoms with Crippen molar-refractivity contribution in [3.63, 3.8) is 0 Å². The number of halogens is 3. The number of thiazole rings is 1. The van der Waals surface area contributed by atoms with E-state index in [9.17, 15) is 32.7 Å². The van der Waals surface area contributed by atoms with Gasteiger partial charge in [0, 0.05) is 61.4 Å². The van der Waals surface area contributed by atoms with Crippen LogP contribution < -0.4 is 16.1 Å². The number of hydrogen-bond donors (Lipinski definition) is 3. The average Bonchev–Trinajstić information content (AvgIpc) is 3.44. The van der Waals surface area contributed by atoms with Crippen LogP contribution in [0.3, 0.4) is 0 Å². The summed E-state index contributed by atoms with van der Waals surface area (Å²) in [5.74, 6) is -1.42. The molecule has 0 bridgehead atoms. The topological polar surface area (TPSA) is 158 Å². The highest BCUT2D eigenvalue weighted by molar-refractivity contribution is 7.13. The van der Waals surface area contributed by atoms with Gasteiger partial charge in [-0.25, -0.2) is 24.5 Å². The van der Waals surface area contributed by atoms with Crippen molar-refractivity contribution < 1.29 is 37.3 Å². The molecule has 4 heterocycles. The van der Waals surface area contributed by atoms with Crippen LogP contribution in [0.5, 0.6) is 0 Å². The van der Waals surface area contributed by atoms with Crippen molar-refractivity contribution in [3.8, 4) is 21.7 Å². The lowest BCUT2D eigenvalue weighted by molar-refractivity contribution is -0.140. The summed E-state index contributed by atoms with van der Waals surface area (Å²) in [6, 6.07) is 1.63. The first-order valence-electron chi connectivity index (χ1n) is 12.3.